The number of methoxy groups -OCH3 is 1. The monoisotopic (exact) mass is 623 g/mol. The van der Waals surface area contributed by atoms with Gasteiger partial charge in [-0.2, -0.15) is 13.2 Å². The molecule has 4 nitrogen and oxygen atoms in total. The SMILES string of the molecule is COc1cccc(-c2c(C)c(Cc3c(F)cccc3C(F)(F)F)c3n(c2=O)C(C(=O)c2cccc(F)c2Cl)CS3)c1F. The molecule has 12 heteroatoms. The number of rotatable bonds is 6. The third-order valence-electron chi connectivity index (χ3n) is 7.18. The quantitative estimate of drug-likeness (QED) is 0.161. The van der Waals surface area contributed by atoms with Crippen molar-refractivity contribution in [2.45, 2.75) is 30.6 Å². The van der Waals surface area contributed by atoms with Crippen molar-refractivity contribution >= 4 is 29.1 Å². The topological polar surface area (TPSA) is 48.3 Å². The molecule has 0 radical (unpaired) electrons. The van der Waals surface area contributed by atoms with Crippen molar-refractivity contribution in [3.63, 3.8) is 0 Å². The molecular formula is C30H20ClF6NO3S. The Kier molecular flexibility index (Phi) is 7.93. The minimum atomic E-state index is -4.89. The average Bonchev–Trinajstić information content (AvgIpc) is 3.38. The summed E-state index contributed by atoms with van der Waals surface area (Å²) < 4.78 is 92.5. The van der Waals surface area contributed by atoms with Crippen molar-refractivity contribution in [3.05, 3.63) is 115 Å². The zero-order valence-electron chi connectivity index (χ0n) is 21.9. The van der Waals surface area contributed by atoms with Gasteiger partial charge in [-0.05, 0) is 48.4 Å². The molecule has 1 atom stereocenters. The van der Waals surface area contributed by atoms with Gasteiger partial charge in [0.2, 0.25) is 0 Å². The second-order valence-corrected chi connectivity index (χ2v) is 10.9. The van der Waals surface area contributed by atoms with Crippen LogP contribution in [-0.2, 0) is 12.6 Å². The van der Waals surface area contributed by atoms with Crippen molar-refractivity contribution in [2.75, 3.05) is 12.9 Å². The lowest BCUT2D eigenvalue weighted by Crippen LogP contribution is -2.32. The summed E-state index contributed by atoms with van der Waals surface area (Å²) in [5.41, 5.74) is -3.12. The van der Waals surface area contributed by atoms with E-state index in [-0.39, 0.29) is 44.3 Å². The van der Waals surface area contributed by atoms with E-state index in [2.05, 4.69) is 0 Å². The van der Waals surface area contributed by atoms with E-state index in [0.29, 0.717) is 0 Å². The molecule has 4 aromatic rings. The van der Waals surface area contributed by atoms with E-state index in [1.165, 1.54) is 44.4 Å². The van der Waals surface area contributed by atoms with E-state index in [1.54, 1.807) is 0 Å². The number of alkyl halides is 3. The maximum atomic E-state index is 15.5. The Morgan fingerprint density at radius 2 is 1.69 bits per heavy atom. The standard InChI is InChI=1S/C30H20ClF6NO3S/c1-14-17(12-18-19(30(35,36)37)8-5-9-20(18)32)29-38(28(40)24(14)15-6-4-11-23(41-2)26(15)34)22(13-42-29)27(39)16-7-3-10-21(33)25(16)31/h3-11,22H,12-13H2,1-2H3. The first kappa shape index (κ1) is 29.8. The molecule has 0 aliphatic carbocycles. The predicted molar refractivity (Wildman–Crippen MR) is 147 cm³/mol. The van der Waals surface area contributed by atoms with Crippen LogP contribution in [0.3, 0.4) is 0 Å². The number of thioether (sulfide) groups is 1. The number of benzene rings is 3. The molecule has 0 saturated heterocycles. The molecule has 0 amide bonds. The fourth-order valence-electron chi connectivity index (χ4n) is 5.14. The molecule has 0 bridgehead atoms. The van der Waals surface area contributed by atoms with Gasteiger partial charge < -0.3 is 4.74 Å². The van der Waals surface area contributed by atoms with Crippen LogP contribution in [0, 0.1) is 24.4 Å². The van der Waals surface area contributed by atoms with Crippen molar-refractivity contribution < 1.29 is 35.9 Å². The summed E-state index contributed by atoms with van der Waals surface area (Å²) in [4.78, 5) is 27.7. The fourth-order valence-corrected chi connectivity index (χ4v) is 6.72. The van der Waals surface area contributed by atoms with Gasteiger partial charge in [0, 0.05) is 28.9 Å². The number of carbonyl (C=O) groups excluding carboxylic acids is 1. The van der Waals surface area contributed by atoms with Crippen molar-refractivity contribution in [1.82, 2.24) is 4.57 Å². The number of nitrogens with zero attached hydrogens (tertiary/aromatic N) is 1. The van der Waals surface area contributed by atoms with Gasteiger partial charge in [-0.3, -0.25) is 14.2 Å². The van der Waals surface area contributed by atoms with E-state index in [4.69, 9.17) is 16.3 Å². The van der Waals surface area contributed by atoms with Crippen LogP contribution in [0.4, 0.5) is 26.3 Å². The Morgan fingerprint density at radius 3 is 2.38 bits per heavy atom. The molecule has 1 aliphatic heterocycles. The lowest BCUT2D eigenvalue weighted by Gasteiger charge is -2.22. The lowest BCUT2D eigenvalue weighted by molar-refractivity contribution is -0.138. The Bertz CT molecular complexity index is 1800. The maximum Gasteiger partial charge on any atom is 0.416 e. The third-order valence-corrected chi connectivity index (χ3v) is 8.76. The molecule has 0 N–H and O–H groups in total. The molecule has 2 heterocycles. The number of hydrogen-bond acceptors (Lipinski definition) is 4. The predicted octanol–water partition coefficient (Wildman–Crippen LogP) is 8.04. The summed E-state index contributed by atoms with van der Waals surface area (Å²) >= 11 is 7.06. The molecule has 0 fully saturated rings. The van der Waals surface area contributed by atoms with Crippen LogP contribution < -0.4 is 10.3 Å². The Balaban J connectivity index is 1.80. The third kappa shape index (κ3) is 4.98. The van der Waals surface area contributed by atoms with Crippen LogP contribution in [0.2, 0.25) is 5.02 Å². The van der Waals surface area contributed by atoms with Gasteiger partial charge in [0.15, 0.2) is 17.3 Å². The van der Waals surface area contributed by atoms with Crippen molar-refractivity contribution in [1.29, 1.82) is 0 Å². The number of Topliss-reactive ketones (excluding diaryl/α,β-unsaturated/α-hetero) is 1. The average molecular weight is 624 g/mol. The van der Waals surface area contributed by atoms with Gasteiger partial charge in [-0.15, -0.1) is 11.8 Å². The highest BCUT2D eigenvalue weighted by atomic mass is 35.5. The molecule has 1 unspecified atom stereocenters. The molecule has 0 spiro atoms. The van der Waals surface area contributed by atoms with Crippen LogP contribution >= 0.6 is 23.4 Å². The number of ether oxygens (including phenoxy) is 1. The van der Waals surface area contributed by atoms with Gasteiger partial charge in [-0.1, -0.05) is 35.9 Å². The zero-order chi connectivity index (χ0) is 30.5. The molecule has 218 valence electrons. The van der Waals surface area contributed by atoms with Crippen molar-refractivity contribution in [3.8, 4) is 16.9 Å². The number of fused-ring (bicyclic) bond motifs is 1. The molecule has 0 saturated carbocycles. The lowest BCUT2D eigenvalue weighted by atomic mass is 9.92. The van der Waals surface area contributed by atoms with E-state index >= 15 is 4.39 Å². The Hall–Kier alpha value is -3.70. The smallest absolute Gasteiger partial charge is 0.416 e. The van der Waals surface area contributed by atoms with Crippen LogP contribution in [0.5, 0.6) is 5.75 Å². The summed E-state index contributed by atoms with van der Waals surface area (Å²) in [6, 6.07) is 8.98. The molecule has 42 heavy (non-hydrogen) atoms. The molecule has 5 rings (SSSR count). The number of aromatic nitrogens is 1. The number of pyridine rings is 1. The van der Waals surface area contributed by atoms with Gasteiger partial charge in [0.05, 0.1) is 28.3 Å². The van der Waals surface area contributed by atoms with Gasteiger partial charge in [-0.25, -0.2) is 13.2 Å². The molecule has 1 aromatic heterocycles. The summed E-state index contributed by atoms with van der Waals surface area (Å²) in [6.45, 7) is 1.43. The van der Waals surface area contributed by atoms with Crippen LogP contribution in [0.15, 0.2) is 64.4 Å². The minimum absolute atomic E-state index is 0.0548. The minimum Gasteiger partial charge on any atom is -0.494 e. The maximum absolute atomic E-state index is 15.5. The number of ketones is 1. The first-order chi connectivity index (χ1) is 19.9. The molecule has 1 aliphatic rings. The van der Waals surface area contributed by atoms with Gasteiger partial charge >= 0.3 is 6.18 Å². The van der Waals surface area contributed by atoms with E-state index in [1.807, 2.05) is 0 Å². The number of hydrogen-bond donors (Lipinski definition) is 0. The normalized spacial score (nSPS) is 14.6. The van der Waals surface area contributed by atoms with E-state index in [0.717, 1.165) is 40.6 Å². The van der Waals surface area contributed by atoms with E-state index < -0.39 is 63.6 Å². The second kappa shape index (κ2) is 11.2. The summed E-state index contributed by atoms with van der Waals surface area (Å²) in [7, 11) is 1.22. The molecule has 3 aromatic carbocycles. The highest BCUT2D eigenvalue weighted by molar-refractivity contribution is 7.99. The van der Waals surface area contributed by atoms with Crippen LogP contribution in [0.25, 0.3) is 11.1 Å². The van der Waals surface area contributed by atoms with Crippen LogP contribution in [-0.4, -0.2) is 23.2 Å². The van der Waals surface area contributed by atoms with E-state index in [9.17, 15) is 31.5 Å². The number of halogens is 7. The summed E-state index contributed by atoms with van der Waals surface area (Å²) in [5, 5.41) is -0.339. The second-order valence-electron chi connectivity index (χ2n) is 9.51. The Labute approximate surface area is 244 Å². The largest absolute Gasteiger partial charge is 0.494 e. The summed E-state index contributed by atoms with van der Waals surface area (Å²) in [6.07, 6.45) is -5.50. The first-order valence-corrected chi connectivity index (χ1v) is 13.8. The zero-order valence-corrected chi connectivity index (χ0v) is 23.5. The van der Waals surface area contributed by atoms with Crippen molar-refractivity contribution in [2.24, 2.45) is 0 Å². The Morgan fingerprint density at radius 1 is 1.02 bits per heavy atom. The highest BCUT2D eigenvalue weighted by Gasteiger charge is 2.39. The highest BCUT2D eigenvalue weighted by Crippen LogP contribution is 2.43. The first-order valence-electron chi connectivity index (χ1n) is 12.4. The number of carbonyl (C=O) groups is 1. The molecular weight excluding hydrogens is 604 g/mol. The fraction of sp³-hybridized carbons (Fsp3) is 0.200. The van der Waals surface area contributed by atoms with Crippen LogP contribution in [0.1, 0.15) is 38.7 Å². The van der Waals surface area contributed by atoms with Gasteiger partial charge in [0.1, 0.15) is 17.7 Å². The van der Waals surface area contributed by atoms with Gasteiger partial charge in [0.25, 0.3) is 5.56 Å². The summed E-state index contributed by atoms with van der Waals surface area (Å²) in [5.74, 6) is -3.85.